The van der Waals surface area contributed by atoms with Gasteiger partial charge in [0.2, 0.25) is 10.0 Å². The Balaban J connectivity index is 0.000000479. The molecule has 2 aromatic carbocycles. The van der Waals surface area contributed by atoms with Gasteiger partial charge in [-0.3, -0.25) is 0 Å². The SMILES string of the molecule is CN(C1CCCCC1)S(=O)(=O)c1ccc(Cl)c(-n2c(N)c3ccccc3nc2=O)c1.O=C(O)C(F)(F)F. The predicted molar refractivity (Wildman–Crippen MR) is 132 cm³/mol. The number of nitrogen functional groups attached to an aromatic ring is 1. The molecule has 1 aliphatic rings. The van der Waals surface area contributed by atoms with Crippen LogP contribution in [-0.4, -0.2) is 52.6 Å². The number of fused-ring (bicyclic) bond motifs is 1. The molecule has 0 bridgehead atoms. The zero-order chi connectivity index (χ0) is 27.5. The molecular formula is C23H24ClF3N4O5S. The van der Waals surface area contributed by atoms with Crippen LogP contribution in [0.1, 0.15) is 32.1 Å². The van der Waals surface area contributed by atoms with Crippen molar-refractivity contribution in [3.8, 4) is 5.69 Å². The molecule has 1 saturated carbocycles. The van der Waals surface area contributed by atoms with Crippen molar-refractivity contribution in [3.63, 3.8) is 0 Å². The van der Waals surface area contributed by atoms with Gasteiger partial charge in [0.05, 0.1) is 21.1 Å². The first kappa shape index (κ1) is 28.4. The van der Waals surface area contributed by atoms with Crippen LogP contribution >= 0.6 is 11.6 Å². The summed E-state index contributed by atoms with van der Waals surface area (Å²) in [4.78, 5) is 25.7. The van der Waals surface area contributed by atoms with E-state index in [4.69, 9.17) is 27.2 Å². The predicted octanol–water partition coefficient (Wildman–Crippen LogP) is 4.21. The highest BCUT2D eigenvalue weighted by atomic mass is 35.5. The number of rotatable bonds is 4. The molecule has 4 rings (SSSR count). The van der Waals surface area contributed by atoms with Gasteiger partial charge in [0.25, 0.3) is 0 Å². The Morgan fingerprint density at radius 2 is 1.76 bits per heavy atom. The van der Waals surface area contributed by atoms with Gasteiger partial charge in [0.15, 0.2) is 0 Å². The number of halogens is 4. The van der Waals surface area contributed by atoms with E-state index in [1.165, 1.54) is 22.5 Å². The van der Waals surface area contributed by atoms with Crippen molar-refractivity contribution in [2.75, 3.05) is 12.8 Å². The zero-order valence-corrected chi connectivity index (χ0v) is 21.1. The molecule has 3 N–H and O–H groups in total. The second-order valence-corrected chi connectivity index (χ2v) is 10.8. The number of aliphatic carboxylic acids is 1. The average molecular weight is 561 g/mol. The van der Waals surface area contributed by atoms with E-state index in [1.807, 2.05) is 0 Å². The Hall–Kier alpha value is -3.16. The summed E-state index contributed by atoms with van der Waals surface area (Å²) in [5.41, 5.74) is 6.30. The molecule has 1 aliphatic carbocycles. The highest BCUT2D eigenvalue weighted by Crippen LogP contribution is 2.31. The van der Waals surface area contributed by atoms with E-state index in [-0.39, 0.29) is 27.5 Å². The van der Waals surface area contributed by atoms with Crippen molar-refractivity contribution in [2.45, 2.75) is 49.2 Å². The quantitative estimate of drug-likeness (QED) is 0.488. The molecule has 37 heavy (non-hydrogen) atoms. The number of hydrogen-bond donors (Lipinski definition) is 2. The molecule has 1 heterocycles. The number of carboxylic acid groups (broad SMARTS) is 1. The van der Waals surface area contributed by atoms with Gasteiger partial charge in [-0.2, -0.15) is 22.5 Å². The Morgan fingerprint density at radius 3 is 2.35 bits per heavy atom. The number of aromatic nitrogens is 2. The standard InChI is InChI=1S/C21H23ClN4O3S.C2HF3O2/c1-25(14-7-3-2-4-8-14)30(28,29)15-11-12-17(22)19(13-15)26-20(23)16-9-5-6-10-18(16)24-21(26)27;3-2(4,5)1(6)7/h5-6,9-14H,2-4,7-8,23H2,1H3;(H,6,7). The van der Waals surface area contributed by atoms with Gasteiger partial charge in [0.1, 0.15) is 5.82 Å². The fourth-order valence-electron chi connectivity index (χ4n) is 4.03. The maximum Gasteiger partial charge on any atom is 0.490 e. The molecular weight excluding hydrogens is 537 g/mol. The van der Waals surface area contributed by atoms with E-state index in [9.17, 15) is 26.4 Å². The first-order valence-electron chi connectivity index (χ1n) is 11.1. The van der Waals surface area contributed by atoms with Crippen LogP contribution in [0.5, 0.6) is 0 Å². The van der Waals surface area contributed by atoms with E-state index in [0.29, 0.717) is 10.9 Å². The number of sulfonamides is 1. The molecule has 9 nitrogen and oxygen atoms in total. The number of nitrogens with zero attached hydrogens (tertiary/aromatic N) is 3. The minimum Gasteiger partial charge on any atom is -0.475 e. The molecule has 0 spiro atoms. The molecule has 3 aromatic rings. The van der Waals surface area contributed by atoms with Crippen LogP contribution in [0, 0.1) is 0 Å². The Labute approximate surface area is 215 Å². The molecule has 1 aromatic heterocycles. The summed E-state index contributed by atoms with van der Waals surface area (Å²) in [6.45, 7) is 0. The molecule has 0 aliphatic heterocycles. The van der Waals surface area contributed by atoms with Crippen molar-refractivity contribution in [2.24, 2.45) is 0 Å². The Bertz CT molecular complexity index is 1470. The number of carbonyl (C=O) groups is 1. The van der Waals surface area contributed by atoms with Crippen LogP contribution in [0.25, 0.3) is 16.6 Å². The topological polar surface area (TPSA) is 136 Å². The lowest BCUT2D eigenvalue weighted by molar-refractivity contribution is -0.192. The number of hydrogen-bond acceptors (Lipinski definition) is 6. The number of benzene rings is 2. The third-order valence-corrected chi connectivity index (χ3v) is 8.22. The van der Waals surface area contributed by atoms with Crippen molar-refractivity contribution in [3.05, 3.63) is 58.0 Å². The molecule has 1 fully saturated rings. The lowest BCUT2D eigenvalue weighted by atomic mass is 9.96. The molecule has 0 atom stereocenters. The summed E-state index contributed by atoms with van der Waals surface area (Å²) in [6, 6.07) is 11.3. The fraction of sp³-hybridized carbons (Fsp3) is 0.348. The summed E-state index contributed by atoms with van der Waals surface area (Å²) in [6.07, 6.45) is -0.225. The van der Waals surface area contributed by atoms with Crippen LogP contribution in [0.4, 0.5) is 19.0 Å². The minimum absolute atomic E-state index is 0.0296. The van der Waals surface area contributed by atoms with Gasteiger partial charge in [-0.1, -0.05) is 43.0 Å². The Kier molecular flexibility index (Phi) is 8.50. The van der Waals surface area contributed by atoms with E-state index >= 15 is 0 Å². The Morgan fingerprint density at radius 1 is 1.16 bits per heavy atom. The van der Waals surface area contributed by atoms with Gasteiger partial charge in [-0.25, -0.2) is 22.6 Å². The van der Waals surface area contributed by atoms with Crippen LogP contribution in [0.3, 0.4) is 0 Å². The summed E-state index contributed by atoms with van der Waals surface area (Å²) >= 11 is 6.35. The zero-order valence-electron chi connectivity index (χ0n) is 19.6. The third-order valence-electron chi connectivity index (χ3n) is 6.00. The molecule has 0 saturated heterocycles. The van der Waals surface area contributed by atoms with Crippen LogP contribution < -0.4 is 11.4 Å². The maximum absolute atomic E-state index is 13.3. The van der Waals surface area contributed by atoms with Crippen molar-refractivity contribution >= 4 is 44.3 Å². The monoisotopic (exact) mass is 560 g/mol. The summed E-state index contributed by atoms with van der Waals surface area (Å²) in [5.74, 6) is -2.60. The number of alkyl halides is 3. The second-order valence-electron chi connectivity index (χ2n) is 8.36. The van der Waals surface area contributed by atoms with Gasteiger partial charge < -0.3 is 10.8 Å². The average Bonchev–Trinajstić information content (AvgIpc) is 2.85. The normalized spacial score (nSPS) is 14.9. The van der Waals surface area contributed by atoms with Crippen LogP contribution in [-0.2, 0) is 14.8 Å². The van der Waals surface area contributed by atoms with Gasteiger partial charge in [0, 0.05) is 18.5 Å². The fourth-order valence-corrected chi connectivity index (χ4v) is 5.67. The first-order chi connectivity index (χ1) is 17.2. The third kappa shape index (κ3) is 6.22. The van der Waals surface area contributed by atoms with E-state index < -0.39 is 27.9 Å². The summed E-state index contributed by atoms with van der Waals surface area (Å²) in [5, 5.41) is 7.92. The van der Waals surface area contributed by atoms with E-state index in [2.05, 4.69) is 4.98 Å². The number of nitrogens with two attached hydrogens (primary N) is 1. The lowest BCUT2D eigenvalue weighted by Gasteiger charge is -2.30. The van der Waals surface area contributed by atoms with Crippen LogP contribution in [0.15, 0.2) is 52.2 Å². The van der Waals surface area contributed by atoms with Gasteiger partial charge >= 0.3 is 17.8 Å². The van der Waals surface area contributed by atoms with E-state index in [1.54, 1.807) is 31.3 Å². The molecule has 0 amide bonds. The first-order valence-corrected chi connectivity index (χ1v) is 12.9. The van der Waals surface area contributed by atoms with E-state index in [0.717, 1.165) is 36.7 Å². The highest BCUT2D eigenvalue weighted by molar-refractivity contribution is 7.89. The second kappa shape index (κ2) is 11.1. The van der Waals surface area contributed by atoms with Crippen LogP contribution in [0.2, 0.25) is 5.02 Å². The van der Waals surface area contributed by atoms with Crippen molar-refractivity contribution < 1.29 is 31.5 Å². The largest absolute Gasteiger partial charge is 0.490 e. The van der Waals surface area contributed by atoms with Crippen molar-refractivity contribution in [1.29, 1.82) is 0 Å². The molecule has 14 heteroatoms. The summed E-state index contributed by atoms with van der Waals surface area (Å²) < 4.78 is 60.8. The summed E-state index contributed by atoms with van der Waals surface area (Å²) in [7, 11) is -2.15. The highest BCUT2D eigenvalue weighted by Gasteiger charge is 2.38. The number of para-hydroxylation sites is 1. The van der Waals surface area contributed by atoms with Crippen molar-refractivity contribution in [1.82, 2.24) is 13.9 Å². The molecule has 200 valence electrons. The molecule has 0 radical (unpaired) electrons. The smallest absolute Gasteiger partial charge is 0.475 e. The lowest BCUT2D eigenvalue weighted by Crippen LogP contribution is -2.38. The van der Waals surface area contributed by atoms with Gasteiger partial charge in [-0.05, 0) is 43.2 Å². The molecule has 0 unspecified atom stereocenters. The van der Waals surface area contributed by atoms with Gasteiger partial charge in [-0.15, -0.1) is 0 Å². The number of anilines is 1. The minimum atomic E-state index is -5.08. The maximum atomic E-state index is 13.3. The number of carboxylic acids is 1.